The maximum Gasteiger partial charge on any atom is 0.232 e. The normalized spacial score (nSPS) is 11.1. The molecule has 0 saturated carbocycles. The predicted molar refractivity (Wildman–Crippen MR) is 124 cm³/mol. The molecule has 5 nitrogen and oxygen atoms in total. The first-order chi connectivity index (χ1) is 14.4. The number of thiazole rings is 2. The standard InChI is InChI=1S/C23H23N3O2S2/c1-13-5-6-18(7-14(13)2)28-11-22-24-17(12-29-22)10-21(27)26-23-25-19-8-15(3)16(4)9-20(19)30-23/h5-9,12H,10-11H2,1-4H3,(H,25,26,27). The van der Waals surface area contributed by atoms with Crippen LogP contribution in [0.3, 0.4) is 0 Å². The van der Waals surface area contributed by atoms with Crippen LogP contribution in [0.25, 0.3) is 10.2 Å². The van der Waals surface area contributed by atoms with Gasteiger partial charge in [0.25, 0.3) is 0 Å². The van der Waals surface area contributed by atoms with Gasteiger partial charge in [-0.1, -0.05) is 17.4 Å². The van der Waals surface area contributed by atoms with Crippen molar-refractivity contribution in [3.8, 4) is 5.75 Å². The zero-order valence-corrected chi connectivity index (χ0v) is 19.0. The topological polar surface area (TPSA) is 64.1 Å². The number of ether oxygens (including phenoxy) is 1. The summed E-state index contributed by atoms with van der Waals surface area (Å²) in [5.74, 6) is 0.711. The summed E-state index contributed by atoms with van der Waals surface area (Å²) in [6.45, 7) is 8.68. The van der Waals surface area contributed by atoms with Gasteiger partial charge in [0.15, 0.2) is 5.13 Å². The Labute approximate surface area is 183 Å². The summed E-state index contributed by atoms with van der Waals surface area (Å²) < 4.78 is 6.91. The van der Waals surface area contributed by atoms with Crippen LogP contribution in [-0.4, -0.2) is 15.9 Å². The molecular formula is C23H23N3O2S2. The maximum absolute atomic E-state index is 12.4. The molecule has 4 rings (SSSR count). The summed E-state index contributed by atoms with van der Waals surface area (Å²) in [5, 5.41) is 6.27. The van der Waals surface area contributed by atoms with Crippen molar-refractivity contribution < 1.29 is 9.53 Å². The zero-order chi connectivity index (χ0) is 21.3. The van der Waals surface area contributed by atoms with Crippen LogP contribution < -0.4 is 10.1 Å². The van der Waals surface area contributed by atoms with Gasteiger partial charge in [0.2, 0.25) is 5.91 Å². The van der Waals surface area contributed by atoms with Gasteiger partial charge in [-0.05, 0) is 74.2 Å². The lowest BCUT2D eigenvalue weighted by Gasteiger charge is -2.06. The van der Waals surface area contributed by atoms with Gasteiger partial charge >= 0.3 is 0 Å². The highest BCUT2D eigenvalue weighted by Crippen LogP contribution is 2.28. The summed E-state index contributed by atoms with van der Waals surface area (Å²) >= 11 is 2.99. The van der Waals surface area contributed by atoms with Crippen molar-refractivity contribution in [3.63, 3.8) is 0 Å². The Balaban J connectivity index is 1.35. The molecule has 1 amide bonds. The fourth-order valence-electron chi connectivity index (χ4n) is 3.01. The van der Waals surface area contributed by atoms with E-state index < -0.39 is 0 Å². The van der Waals surface area contributed by atoms with Gasteiger partial charge in [-0.2, -0.15) is 0 Å². The van der Waals surface area contributed by atoms with Gasteiger partial charge in [-0.3, -0.25) is 4.79 Å². The van der Waals surface area contributed by atoms with Crippen molar-refractivity contribution in [3.05, 3.63) is 68.7 Å². The molecule has 0 aliphatic carbocycles. The van der Waals surface area contributed by atoms with E-state index in [-0.39, 0.29) is 12.3 Å². The van der Waals surface area contributed by atoms with E-state index in [0.717, 1.165) is 26.7 Å². The fraction of sp³-hybridized carbons (Fsp3) is 0.261. The number of nitrogens with one attached hydrogen (secondary N) is 1. The van der Waals surface area contributed by atoms with Crippen LogP contribution in [0.5, 0.6) is 5.75 Å². The van der Waals surface area contributed by atoms with E-state index in [1.54, 1.807) is 0 Å². The SMILES string of the molecule is Cc1ccc(OCc2nc(CC(=O)Nc3nc4cc(C)c(C)cc4s3)cs2)cc1C. The first-order valence-electron chi connectivity index (χ1n) is 9.68. The Hall–Kier alpha value is -2.77. The number of fused-ring (bicyclic) bond motifs is 1. The number of nitrogens with zero attached hydrogens (tertiary/aromatic N) is 2. The minimum Gasteiger partial charge on any atom is -0.486 e. The molecule has 0 unspecified atom stereocenters. The highest BCUT2D eigenvalue weighted by atomic mass is 32.1. The second-order valence-corrected chi connectivity index (χ2v) is 9.39. The molecule has 0 radical (unpaired) electrons. The predicted octanol–water partition coefficient (Wildman–Crippen LogP) is 5.75. The number of aryl methyl sites for hydroxylation is 4. The number of aromatic nitrogens is 2. The first-order valence-corrected chi connectivity index (χ1v) is 11.4. The summed E-state index contributed by atoms with van der Waals surface area (Å²) in [6.07, 6.45) is 0.216. The average Bonchev–Trinajstić information content (AvgIpc) is 3.29. The average molecular weight is 438 g/mol. The van der Waals surface area contributed by atoms with E-state index in [4.69, 9.17) is 4.74 Å². The third kappa shape index (κ3) is 4.68. The van der Waals surface area contributed by atoms with Crippen molar-refractivity contribution in [1.29, 1.82) is 0 Å². The van der Waals surface area contributed by atoms with Crippen molar-refractivity contribution in [2.75, 3.05) is 5.32 Å². The van der Waals surface area contributed by atoms with Crippen LogP contribution in [0.15, 0.2) is 35.7 Å². The number of benzene rings is 2. The van der Waals surface area contributed by atoms with Gasteiger partial charge in [0.05, 0.1) is 22.3 Å². The Bertz CT molecular complexity index is 1190. The minimum atomic E-state index is -0.116. The second kappa shape index (κ2) is 8.53. The van der Waals surface area contributed by atoms with Crippen LogP contribution >= 0.6 is 22.7 Å². The summed E-state index contributed by atoms with van der Waals surface area (Å²) in [5.41, 5.74) is 6.51. The molecule has 1 N–H and O–H groups in total. The number of anilines is 1. The van der Waals surface area contributed by atoms with Crippen molar-refractivity contribution >= 4 is 43.9 Å². The van der Waals surface area contributed by atoms with E-state index in [1.807, 2.05) is 23.6 Å². The maximum atomic E-state index is 12.4. The molecule has 0 spiro atoms. The number of carbonyl (C=O) groups is 1. The van der Waals surface area contributed by atoms with E-state index in [2.05, 4.69) is 55.1 Å². The van der Waals surface area contributed by atoms with Gasteiger partial charge in [-0.15, -0.1) is 11.3 Å². The zero-order valence-electron chi connectivity index (χ0n) is 17.4. The molecule has 0 aliphatic rings. The number of amides is 1. The molecule has 0 fully saturated rings. The highest BCUT2D eigenvalue weighted by Gasteiger charge is 2.12. The largest absolute Gasteiger partial charge is 0.486 e. The van der Waals surface area contributed by atoms with E-state index in [1.165, 1.54) is 44.9 Å². The summed E-state index contributed by atoms with van der Waals surface area (Å²) in [7, 11) is 0. The van der Waals surface area contributed by atoms with Gasteiger partial charge < -0.3 is 10.1 Å². The quantitative estimate of drug-likeness (QED) is 0.417. The molecule has 30 heavy (non-hydrogen) atoms. The van der Waals surface area contributed by atoms with Crippen molar-refractivity contribution in [2.24, 2.45) is 0 Å². The molecule has 154 valence electrons. The van der Waals surface area contributed by atoms with E-state index >= 15 is 0 Å². The third-order valence-electron chi connectivity index (χ3n) is 5.03. The Morgan fingerprint density at radius 1 is 1.00 bits per heavy atom. The number of rotatable bonds is 6. The lowest BCUT2D eigenvalue weighted by atomic mass is 10.1. The fourth-order valence-corrected chi connectivity index (χ4v) is 4.67. The minimum absolute atomic E-state index is 0.116. The van der Waals surface area contributed by atoms with Crippen LogP contribution in [0, 0.1) is 27.7 Å². The first kappa shape index (κ1) is 20.5. The molecule has 4 aromatic rings. The number of hydrogen-bond donors (Lipinski definition) is 1. The third-order valence-corrected chi connectivity index (χ3v) is 6.84. The lowest BCUT2D eigenvalue weighted by molar-refractivity contribution is -0.115. The van der Waals surface area contributed by atoms with Gasteiger partial charge in [-0.25, -0.2) is 9.97 Å². The molecule has 2 heterocycles. The highest BCUT2D eigenvalue weighted by molar-refractivity contribution is 7.22. The summed E-state index contributed by atoms with van der Waals surface area (Å²) in [6, 6.07) is 10.2. The summed E-state index contributed by atoms with van der Waals surface area (Å²) in [4.78, 5) is 21.5. The molecule has 7 heteroatoms. The second-order valence-electron chi connectivity index (χ2n) is 7.42. The molecule has 0 atom stereocenters. The van der Waals surface area contributed by atoms with E-state index in [9.17, 15) is 4.79 Å². The number of hydrogen-bond acceptors (Lipinski definition) is 6. The van der Waals surface area contributed by atoms with Crippen molar-refractivity contribution in [2.45, 2.75) is 40.7 Å². The molecule has 0 aliphatic heterocycles. The van der Waals surface area contributed by atoms with Crippen LogP contribution in [0.2, 0.25) is 0 Å². The smallest absolute Gasteiger partial charge is 0.232 e. The Morgan fingerprint density at radius 3 is 2.57 bits per heavy atom. The molecule has 2 aromatic carbocycles. The van der Waals surface area contributed by atoms with Crippen molar-refractivity contribution in [1.82, 2.24) is 9.97 Å². The molecule has 0 saturated heterocycles. The number of carbonyl (C=O) groups excluding carboxylic acids is 1. The van der Waals surface area contributed by atoms with Gasteiger partial charge in [0, 0.05) is 5.38 Å². The Kier molecular flexibility index (Phi) is 5.83. The van der Waals surface area contributed by atoms with E-state index in [0.29, 0.717) is 11.7 Å². The van der Waals surface area contributed by atoms with Crippen LogP contribution in [-0.2, 0) is 17.8 Å². The van der Waals surface area contributed by atoms with Crippen LogP contribution in [0.1, 0.15) is 33.0 Å². The van der Waals surface area contributed by atoms with Crippen LogP contribution in [0.4, 0.5) is 5.13 Å². The van der Waals surface area contributed by atoms with Gasteiger partial charge in [0.1, 0.15) is 17.4 Å². The molecule has 2 aromatic heterocycles. The molecule has 0 bridgehead atoms. The Morgan fingerprint density at radius 2 is 1.77 bits per heavy atom. The molecular weight excluding hydrogens is 414 g/mol. The lowest BCUT2D eigenvalue weighted by Crippen LogP contribution is -2.14. The monoisotopic (exact) mass is 437 g/mol.